The van der Waals surface area contributed by atoms with E-state index in [9.17, 15) is 13.2 Å². The van der Waals surface area contributed by atoms with Crippen LogP contribution in [0.25, 0.3) is 0 Å². The first-order chi connectivity index (χ1) is 16.5. The van der Waals surface area contributed by atoms with Gasteiger partial charge in [-0.1, -0.05) is 39.0 Å². The molecule has 5 unspecified atom stereocenters. The van der Waals surface area contributed by atoms with Crippen molar-refractivity contribution in [3.63, 3.8) is 0 Å². The van der Waals surface area contributed by atoms with Gasteiger partial charge in [0.1, 0.15) is 0 Å². The number of hydrogen-bond donors (Lipinski definition) is 0. The standard InChI is InChI=1S/C31H45F3/c1-2-3-4-5-20-6-7-26-17-24(13-12-23(26)16-20)21-8-10-22(11-9-21)25-14-15-28-27(18-25)19-29(32)31(34)30(28)33/h19-26H,2-18H2,1H3. The van der Waals surface area contributed by atoms with Crippen molar-refractivity contribution in [2.24, 2.45) is 41.4 Å². The van der Waals surface area contributed by atoms with Crippen molar-refractivity contribution in [1.82, 2.24) is 0 Å². The molecule has 1 aromatic carbocycles. The topological polar surface area (TPSA) is 0 Å². The van der Waals surface area contributed by atoms with Crippen LogP contribution in [-0.2, 0) is 12.8 Å². The van der Waals surface area contributed by atoms with E-state index in [0.29, 0.717) is 23.8 Å². The highest BCUT2D eigenvalue weighted by molar-refractivity contribution is 5.33. The Hall–Kier alpha value is -0.990. The van der Waals surface area contributed by atoms with Crippen molar-refractivity contribution in [3.05, 3.63) is 34.6 Å². The molecule has 0 amide bonds. The Bertz CT molecular complexity index is 824. The van der Waals surface area contributed by atoms with E-state index in [2.05, 4.69) is 6.92 Å². The number of rotatable bonds is 6. The van der Waals surface area contributed by atoms with Gasteiger partial charge in [-0.2, -0.15) is 0 Å². The summed E-state index contributed by atoms with van der Waals surface area (Å²) in [5.74, 6) is 2.80. The molecule has 4 aliphatic rings. The molecule has 190 valence electrons. The minimum Gasteiger partial charge on any atom is -0.204 e. The van der Waals surface area contributed by atoms with Gasteiger partial charge in [0, 0.05) is 0 Å². The largest absolute Gasteiger partial charge is 0.204 e. The molecule has 0 saturated heterocycles. The predicted octanol–water partition coefficient (Wildman–Crippen LogP) is 9.43. The van der Waals surface area contributed by atoms with Crippen LogP contribution in [-0.4, -0.2) is 0 Å². The number of hydrogen-bond acceptors (Lipinski definition) is 0. The van der Waals surface area contributed by atoms with E-state index in [1.807, 2.05) is 0 Å². The van der Waals surface area contributed by atoms with Crippen molar-refractivity contribution in [2.45, 2.75) is 116 Å². The number of benzene rings is 1. The highest BCUT2D eigenvalue weighted by atomic mass is 19.2. The Balaban J connectivity index is 1.09. The molecule has 0 aromatic heterocycles. The van der Waals surface area contributed by atoms with E-state index in [-0.39, 0.29) is 0 Å². The lowest BCUT2D eigenvalue weighted by molar-refractivity contribution is 0.0527. The Morgan fingerprint density at radius 2 is 1.29 bits per heavy atom. The normalized spacial score (nSPS) is 36.1. The SMILES string of the molecule is CCCCCC1CCC2CC(C3CCC(C4CCc5c(cc(F)c(F)c5F)C4)CC3)CCC2C1. The van der Waals surface area contributed by atoms with Gasteiger partial charge in [0.25, 0.3) is 0 Å². The summed E-state index contributed by atoms with van der Waals surface area (Å²) in [5, 5.41) is 0. The highest BCUT2D eigenvalue weighted by Gasteiger charge is 2.40. The minimum atomic E-state index is -1.29. The van der Waals surface area contributed by atoms with Crippen LogP contribution in [0.5, 0.6) is 0 Å². The van der Waals surface area contributed by atoms with Crippen molar-refractivity contribution >= 4 is 0 Å². The number of unbranched alkanes of at least 4 members (excludes halogenated alkanes) is 2. The smallest absolute Gasteiger partial charge is 0.194 e. The fraction of sp³-hybridized carbons (Fsp3) is 0.806. The molecule has 3 saturated carbocycles. The number of halogens is 3. The molecule has 0 bridgehead atoms. The Kier molecular flexibility index (Phi) is 7.96. The zero-order valence-electron chi connectivity index (χ0n) is 21.3. The van der Waals surface area contributed by atoms with Gasteiger partial charge in [0.2, 0.25) is 0 Å². The lowest BCUT2D eigenvalue weighted by atomic mass is 9.60. The summed E-state index contributed by atoms with van der Waals surface area (Å²) >= 11 is 0. The second-order valence-corrected chi connectivity index (χ2v) is 12.6. The first-order valence-electron chi connectivity index (χ1n) is 14.7. The molecule has 5 rings (SSSR count). The molecule has 3 heteroatoms. The van der Waals surface area contributed by atoms with Crippen molar-refractivity contribution in [2.75, 3.05) is 0 Å². The van der Waals surface area contributed by atoms with Crippen LogP contribution >= 0.6 is 0 Å². The van der Waals surface area contributed by atoms with Crippen LogP contribution in [0.2, 0.25) is 0 Å². The maximum atomic E-state index is 14.2. The highest BCUT2D eigenvalue weighted by Crippen LogP contribution is 2.50. The summed E-state index contributed by atoms with van der Waals surface area (Å²) in [7, 11) is 0. The third-order valence-electron chi connectivity index (χ3n) is 10.7. The van der Waals surface area contributed by atoms with E-state index in [0.717, 1.165) is 48.0 Å². The molecule has 34 heavy (non-hydrogen) atoms. The molecule has 0 N–H and O–H groups in total. The maximum absolute atomic E-state index is 14.2. The fourth-order valence-electron chi connectivity index (χ4n) is 8.73. The lowest BCUT2D eigenvalue weighted by Gasteiger charge is -2.46. The third-order valence-corrected chi connectivity index (χ3v) is 10.7. The fourth-order valence-corrected chi connectivity index (χ4v) is 8.73. The van der Waals surface area contributed by atoms with Gasteiger partial charge in [0.05, 0.1) is 0 Å². The summed E-state index contributed by atoms with van der Waals surface area (Å²) in [6, 6.07) is 1.27. The first kappa shape index (κ1) is 24.7. The predicted molar refractivity (Wildman–Crippen MR) is 133 cm³/mol. The average molecular weight is 475 g/mol. The van der Waals surface area contributed by atoms with E-state index < -0.39 is 17.5 Å². The first-order valence-corrected chi connectivity index (χ1v) is 14.7. The van der Waals surface area contributed by atoms with Gasteiger partial charge in [-0.25, -0.2) is 13.2 Å². The summed E-state index contributed by atoms with van der Waals surface area (Å²) in [6.07, 6.45) is 22.1. The van der Waals surface area contributed by atoms with Gasteiger partial charge in [-0.15, -0.1) is 0 Å². The van der Waals surface area contributed by atoms with Crippen LogP contribution < -0.4 is 0 Å². The zero-order valence-corrected chi connectivity index (χ0v) is 21.3. The molecule has 5 atom stereocenters. The zero-order chi connectivity index (χ0) is 23.7. The van der Waals surface area contributed by atoms with E-state index >= 15 is 0 Å². The second-order valence-electron chi connectivity index (χ2n) is 12.6. The van der Waals surface area contributed by atoms with Gasteiger partial charge in [0.15, 0.2) is 17.5 Å². The molecular formula is C31H45F3. The molecular weight excluding hydrogens is 429 g/mol. The average Bonchev–Trinajstić information content (AvgIpc) is 2.87. The summed E-state index contributed by atoms with van der Waals surface area (Å²) < 4.78 is 41.6. The molecule has 4 aliphatic carbocycles. The molecule has 3 fully saturated rings. The molecule has 0 heterocycles. The molecule has 0 nitrogen and oxygen atoms in total. The molecule has 1 aromatic rings. The third kappa shape index (κ3) is 5.24. The summed E-state index contributed by atoms with van der Waals surface area (Å²) in [4.78, 5) is 0. The van der Waals surface area contributed by atoms with Gasteiger partial charge in [-0.05, 0) is 136 Å². The van der Waals surface area contributed by atoms with Crippen molar-refractivity contribution in [3.8, 4) is 0 Å². The van der Waals surface area contributed by atoms with Crippen LogP contribution in [0.15, 0.2) is 6.07 Å². The van der Waals surface area contributed by atoms with Crippen LogP contribution in [0.4, 0.5) is 13.2 Å². The quantitative estimate of drug-likeness (QED) is 0.284. The number of fused-ring (bicyclic) bond motifs is 2. The summed E-state index contributed by atoms with van der Waals surface area (Å²) in [5.41, 5.74) is 1.15. The Morgan fingerprint density at radius 3 is 2.03 bits per heavy atom. The molecule has 0 aliphatic heterocycles. The Labute approximate surface area is 205 Å². The minimum absolute atomic E-state index is 0.431. The van der Waals surface area contributed by atoms with Crippen LogP contribution in [0, 0.1) is 58.9 Å². The Morgan fingerprint density at radius 1 is 0.676 bits per heavy atom. The van der Waals surface area contributed by atoms with Crippen molar-refractivity contribution < 1.29 is 13.2 Å². The monoisotopic (exact) mass is 474 g/mol. The van der Waals surface area contributed by atoms with Crippen molar-refractivity contribution in [1.29, 1.82) is 0 Å². The molecule has 0 spiro atoms. The van der Waals surface area contributed by atoms with E-state index in [1.165, 1.54) is 96.0 Å². The van der Waals surface area contributed by atoms with E-state index in [4.69, 9.17) is 0 Å². The van der Waals surface area contributed by atoms with Crippen LogP contribution in [0.1, 0.15) is 114 Å². The second kappa shape index (κ2) is 11.0. The van der Waals surface area contributed by atoms with Gasteiger partial charge < -0.3 is 0 Å². The van der Waals surface area contributed by atoms with Gasteiger partial charge >= 0.3 is 0 Å². The summed E-state index contributed by atoms with van der Waals surface area (Å²) in [6.45, 7) is 2.31. The molecule has 0 radical (unpaired) electrons. The lowest BCUT2D eigenvalue weighted by Crippen LogP contribution is -2.35. The van der Waals surface area contributed by atoms with Gasteiger partial charge in [-0.3, -0.25) is 0 Å². The van der Waals surface area contributed by atoms with E-state index in [1.54, 1.807) is 0 Å². The van der Waals surface area contributed by atoms with Crippen LogP contribution in [0.3, 0.4) is 0 Å². The maximum Gasteiger partial charge on any atom is 0.194 e.